The van der Waals surface area contributed by atoms with E-state index in [1.54, 1.807) is 0 Å². The minimum atomic E-state index is -5.34. The molecule has 1 aliphatic carbocycles. The van der Waals surface area contributed by atoms with Crippen molar-refractivity contribution in [3.05, 3.63) is 0 Å². The standard InChI is InChI=1S/C8H14F3NO3S/c1-12(16(14,15)8(9,10)11)6-4-2-3-5-7(6)13/h6-7,13H,2-5H2,1H3. The molecule has 1 N–H and O–H groups in total. The first-order chi connectivity index (χ1) is 7.18. The summed E-state index contributed by atoms with van der Waals surface area (Å²) in [5.74, 6) is 0. The highest BCUT2D eigenvalue weighted by molar-refractivity contribution is 7.90. The van der Waals surface area contributed by atoms with Crippen LogP contribution in [0.5, 0.6) is 0 Å². The Morgan fingerprint density at radius 1 is 1.25 bits per heavy atom. The minimum absolute atomic E-state index is 0.247. The molecular formula is C8H14F3NO3S. The number of halogens is 3. The Morgan fingerprint density at radius 3 is 2.19 bits per heavy atom. The van der Waals surface area contributed by atoms with E-state index >= 15 is 0 Å². The monoisotopic (exact) mass is 261 g/mol. The normalized spacial score (nSPS) is 28.4. The number of likely N-dealkylation sites (N-methyl/N-ethyl adjacent to an activating group) is 1. The first-order valence-corrected chi connectivity index (χ1v) is 6.34. The zero-order valence-electron chi connectivity index (χ0n) is 8.74. The molecule has 1 rings (SSSR count). The molecule has 1 aliphatic rings. The third kappa shape index (κ3) is 2.49. The predicted octanol–water partition coefficient (Wildman–Crippen LogP) is 1.07. The summed E-state index contributed by atoms with van der Waals surface area (Å²) in [6.45, 7) is 0. The second kappa shape index (κ2) is 4.50. The molecule has 96 valence electrons. The van der Waals surface area contributed by atoms with Crippen molar-refractivity contribution in [2.24, 2.45) is 0 Å². The van der Waals surface area contributed by atoms with Crippen LogP contribution in [0.2, 0.25) is 0 Å². The SMILES string of the molecule is CN(C1CCCCC1O)S(=O)(=O)C(F)(F)F. The lowest BCUT2D eigenvalue weighted by Gasteiger charge is -2.34. The van der Waals surface area contributed by atoms with Gasteiger partial charge in [-0.25, -0.2) is 8.42 Å². The third-order valence-corrected chi connectivity index (χ3v) is 4.45. The molecule has 0 aromatic carbocycles. The van der Waals surface area contributed by atoms with Crippen molar-refractivity contribution in [3.8, 4) is 0 Å². The smallest absolute Gasteiger partial charge is 0.391 e. The fraction of sp³-hybridized carbons (Fsp3) is 1.00. The van der Waals surface area contributed by atoms with Crippen molar-refractivity contribution < 1.29 is 26.7 Å². The maximum absolute atomic E-state index is 12.3. The van der Waals surface area contributed by atoms with E-state index in [2.05, 4.69) is 0 Å². The van der Waals surface area contributed by atoms with Gasteiger partial charge in [0.1, 0.15) is 0 Å². The number of aliphatic hydroxyl groups is 1. The molecule has 8 heteroatoms. The van der Waals surface area contributed by atoms with Gasteiger partial charge < -0.3 is 5.11 Å². The van der Waals surface area contributed by atoms with Gasteiger partial charge in [-0.3, -0.25) is 0 Å². The number of alkyl halides is 3. The van der Waals surface area contributed by atoms with Crippen LogP contribution in [0, 0.1) is 0 Å². The number of rotatable bonds is 2. The number of hydrogen-bond acceptors (Lipinski definition) is 3. The van der Waals surface area contributed by atoms with Crippen molar-refractivity contribution in [2.45, 2.75) is 43.3 Å². The summed E-state index contributed by atoms with van der Waals surface area (Å²) < 4.78 is 59.2. The molecule has 0 saturated heterocycles. The van der Waals surface area contributed by atoms with E-state index in [9.17, 15) is 26.7 Å². The Labute approximate surface area is 92.1 Å². The molecular weight excluding hydrogens is 247 g/mol. The summed E-state index contributed by atoms with van der Waals surface area (Å²) in [6.07, 6.45) is 0.905. The largest absolute Gasteiger partial charge is 0.511 e. The van der Waals surface area contributed by atoms with Crippen LogP contribution in [0.3, 0.4) is 0 Å². The summed E-state index contributed by atoms with van der Waals surface area (Å²) in [6, 6.07) is -0.972. The molecule has 2 unspecified atom stereocenters. The topological polar surface area (TPSA) is 57.6 Å². The Bertz CT molecular complexity index is 341. The Balaban J connectivity index is 2.89. The zero-order chi connectivity index (χ0) is 12.6. The average Bonchev–Trinajstić information content (AvgIpc) is 2.15. The third-order valence-electron chi connectivity index (χ3n) is 2.83. The Hall–Kier alpha value is -0.340. The van der Waals surface area contributed by atoms with Gasteiger partial charge in [0, 0.05) is 7.05 Å². The fourth-order valence-corrected chi connectivity index (χ4v) is 2.79. The van der Waals surface area contributed by atoms with Crippen molar-refractivity contribution in [3.63, 3.8) is 0 Å². The van der Waals surface area contributed by atoms with Gasteiger partial charge in [-0.15, -0.1) is 0 Å². The first-order valence-electron chi connectivity index (χ1n) is 4.90. The predicted molar refractivity (Wildman–Crippen MR) is 51.0 cm³/mol. The molecule has 0 radical (unpaired) electrons. The Morgan fingerprint density at radius 2 is 1.75 bits per heavy atom. The van der Waals surface area contributed by atoms with Crippen LogP contribution in [-0.4, -0.2) is 42.5 Å². The average molecular weight is 261 g/mol. The van der Waals surface area contributed by atoms with Gasteiger partial charge in [0.25, 0.3) is 0 Å². The maximum atomic E-state index is 12.3. The van der Waals surface area contributed by atoms with Crippen molar-refractivity contribution in [1.29, 1.82) is 0 Å². The van der Waals surface area contributed by atoms with E-state index in [1.165, 1.54) is 0 Å². The molecule has 0 bridgehead atoms. The molecule has 1 saturated carbocycles. The molecule has 1 fully saturated rings. The van der Waals surface area contributed by atoms with Crippen LogP contribution in [-0.2, 0) is 10.0 Å². The quantitative estimate of drug-likeness (QED) is 0.809. The van der Waals surface area contributed by atoms with E-state index in [4.69, 9.17) is 0 Å². The van der Waals surface area contributed by atoms with E-state index in [0.29, 0.717) is 19.3 Å². The highest BCUT2D eigenvalue weighted by Crippen LogP contribution is 2.31. The molecule has 16 heavy (non-hydrogen) atoms. The number of sulfonamides is 1. The van der Waals surface area contributed by atoms with Crippen molar-refractivity contribution in [1.82, 2.24) is 4.31 Å². The van der Waals surface area contributed by atoms with Gasteiger partial charge >= 0.3 is 15.5 Å². The van der Waals surface area contributed by atoms with Crippen LogP contribution in [0.15, 0.2) is 0 Å². The molecule has 0 heterocycles. The molecule has 4 nitrogen and oxygen atoms in total. The molecule has 0 aliphatic heterocycles. The molecule has 0 amide bonds. The summed E-state index contributed by atoms with van der Waals surface area (Å²) in [4.78, 5) is 0. The molecule has 0 aromatic heterocycles. The highest BCUT2D eigenvalue weighted by atomic mass is 32.2. The fourth-order valence-electron chi connectivity index (χ4n) is 1.86. The van der Waals surface area contributed by atoms with Gasteiger partial charge in [-0.1, -0.05) is 12.8 Å². The molecule has 0 aromatic rings. The van der Waals surface area contributed by atoms with Crippen LogP contribution >= 0.6 is 0 Å². The zero-order valence-corrected chi connectivity index (χ0v) is 9.55. The summed E-state index contributed by atoms with van der Waals surface area (Å²) >= 11 is 0. The Kier molecular flexibility index (Phi) is 3.86. The van der Waals surface area contributed by atoms with E-state index in [0.717, 1.165) is 7.05 Å². The van der Waals surface area contributed by atoms with E-state index in [1.807, 2.05) is 0 Å². The van der Waals surface area contributed by atoms with E-state index in [-0.39, 0.29) is 10.7 Å². The second-order valence-corrected chi connectivity index (χ2v) is 5.88. The van der Waals surface area contributed by atoms with Crippen molar-refractivity contribution in [2.75, 3.05) is 7.05 Å². The lowest BCUT2D eigenvalue weighted by Crippen LogP contribution is -2.50. The highest BCUT2D eigenvalue weighted by Gasteiger charge is 2.51. The van der Waals surface area contributed by atoms with Gasteiger partial charge in [-0.2, -0.15) is 17.5 Å². The first kappa shape index (κ1) is 13.7. The van der Waals surface area contributed by atoms with Crippen LogP contribution in [0.1, 0.15) is 25.7 Å². The van der Waals surface area contributed by atoms with Gasteiger partial charge in [-0.05, 0) is 12.8 Å². The van der Waals surface area contributed by atoms with Gasteiger partial charge in [0.05, 0.1) is 12.1 Å². The summed E-state index contributed by atoms with van der Waals surface area (Å²) in [7, 11) is -4.47. The van der Waals surface area contributed by atoms with Crippen molar-refractivity contribution >= 4 is 10.0 Å². The van der Waals surface area contributed by atoms with Gasteiger partial charge in [0.15, 0.2) is 0 Å². The number of aliphatic hydroxyl groups excluding tert-OH is 1. The number of nitrogens with zero attached hydrogens (tertiary/aromatic N) is 1. The minimum Gasteiger partial charge on any atom is -0.391 e. The lowest BCUT2D eigenvalue weighted by atomic mass is 9.93. The lowest BCUT2D eigenvalue weighted by molar-refractivity contribution is -0.0519. The maximum Gasteiger partial charge on any atom is 0.511 e. The van der Waals surface area contributed by atoms with Crippen LogP contribution < -0.4 is 0 Å². The number of hydrogen-bond donors (Lipinski definition) is 1. The second-order valence-electron chi connectivity index (χ2n) is 3.89. The molecule has 2 atom stereocenters. The van der Waals surface area contributed by atoms with E-state index < -0.39 is 27.7 Å². The van der Waals surface area contributed by atoms with Crippen LogP contribution in [0.25, 0.3) is 0 Å². The van der Waals surface area contributed by atoms with Gasteiger partial charge in [0.2, 0.25) is 0 Å². The van der Waals surface area contributed by atoms with Crippen LogP contribution in [0.4, 0.5) is 13.2 Å². The molecule has 0 spiro atoms. The summed E-state index contributed by atoms with van der Waals surface area (Å²) in [5.41, 5.74) is -5.31. The summed E-state index contributed by atoms with van der Waals surface area (Å²) in [5, 5.41) is 9.49.